The molecule has 3 aromatic carbocycles. The van der Waals surface area contributed by atoms with Crippen molar-refractivity contribution in [2.24, 2.45) is 0 Å². The van der Waals surface area contributed by atoms with Crippen LogP contribution in [0.3, 0.4) is 0 Å². The van der Waals surface area contributed by atoms with Gasteiger partial charge in [0.05, 0.1) is 25.7 Å². The predicted molar refractivity (Wildman–Crippen MR) is 125 cm³/mol. The lowest BCUT2D eigenvalue weighted by molar-refractivity contribution is -0.121. The third kappa shape index (κ3) is 6.88. The van der Waals surface area contributed by atoms with Crippen molar-refractivity contribution in [3.8, 4) is 11.5 Å². The van der Waals surface area contributed by atoms with E-state index >= 15 is 0 Å². The maximum absolute atomic E-state index is 12.8. The van der Waals surface area contributed by atoms with Crippen molar-refractivity contribution < 1.29 is 14.3 Å². The summed E-state index contributed by atoms with van der Waals surface area (Å²) in [5.41, 5.74) is 3.27. The summed E-state index contributed by atoms with van der Waals surface area (Å²) in [5, 5.41) is 3.24. The van der Waals surface area contributed by atoms with Crippen LogP contribution >= 0.6 is 0 Å². The number of aryl methyl sites for hydroxylation is 1. The number of nitrogens with one attached hydrogen (secondary N) is 1. The maximum Gasteiger partial charge on any atom is 0.224 e. The molecule has 0 unspecified atom stereocenters. The molecule has 0 aromatic heterocycles. The normalized spacial score (nSPS) is 11.5. The molecule has 4 heteroatoms. The van der Waals surface area contributed by atoms with E-state index in [2.05, 4.69) is 17.4 Å². The molecule has 0 aliphatic rings. The Balaban J connectivity index is 1.80. The van der Waals surface area contributed by atoms with E-state index in [0.717, 1.165) is 29.7 Å². The van der Waals surface area contributed by atoms with Crippen LogP contribution in [0.25, 0.3) is 0 Å². The average Bonchev–Trinajstić information content (AvgIpc) is 2.79. The van der Waals surface area contributed by atoms with Crippen LogP contribution in [-0.4, -0.2) is 19.1 Å². The Morgan fingerprint density at radius 2 is 1.42 bits per heavy atom. The van der Waals surface area contributed by atoms with Gasteiger partial charge in [-0.2, -0.15) is 0 Å². The third-order valence-electron chi connectivity index (χ3n) is 5.08. The first-order valence-electron chi connectivity index (χ1n) is 11.0. The molecular formula is C27H31NO3. The van der Waals surface area contributed by atoms with Crippen molar-refractivity contribution in [3.63, 3.8) is 0 Å². The number of rotatable bonds is 11. The van der Waals surface area contributed by atoms with Crippen molar-refractivity contribution >= 4 is 5.91 Å². The van der Waals surface area contributed by atoms with Crippen LogP contribution in [0.1, 0.15) is 43.0 Å². The molecule has 1 amide bonds. The molecule has 31 heavy (non-hydrogen) atoms. The van der Waals surface area contributed by atoms with Gasteiger partial charge < -0.3 is 14.8 Å². The van der Waals surface area contributed by atoms with Crippen molar-refractivity contribution in [1.82, 2.24) is 5.32 Å². The molecule has 0 heterocycles. The van der Waals surface area contributed by atoms with Gasteiger partial charge in [-0.1, -0.05) is 66.7 Å². The smallest absolute Gasteiger partial charge is 0.224 e. The van der Waals surface area contributed by atoms with E-state index in [1.54, 1.807) is 0 Å². The fourth-order valence-corrected chi connectivity index (χ4v) is 3.59. The van der Waals surface area contributed by atoms with Crippen LogP contribution in [0.4, 0.5) is 0 Å². The van der Waals surface area contributed by atoms with Crippen LogP contribution < -0.4 is 14.8 Å². The number of carbonyl (C=O) groups excluding carboxylic acids is 1. The second kappa shape index (κ2) is 11.8. The zero-order chi connectivity index (χ0) is 21.9. The third-order valence-corrected chi connectivity index (χ3v) is 5.08. The molecule has 1 atom stereocenters. The maximum atomic E-state index is 12.8. The highest BCUT2D eigenvalue weighted by molar-refractivity contribution is 5.79. The highest BCUT2D eigenvalue weighted by Crippen LogP contribution is 2.32. The summed E-state index contributed by atoms with van der Waals surface area (Å²) in [6.07, 6.45) is 2.02. The van der Waals surface area contributed by atoms with Crippen molar-refractivity contribution in [1.29, 1.82) is 0 Å². The van der Waals surface area contributed by atoms with Crippen LogP contribution in [0.5, 0.6) is 11.5 Å². The molecule has 162 valence electrons. The minimum absolute atomic E-state index is 0.0103. The molecule has 0 aliphatic heterocycles. The summed E-state index contributed by atoms with van der Waals surface area (Å²) < 4.78 is 11.5. The zero-order valence-electron chi connectivity index (χ0n) is 18.3. The van der Waals surface area contributed by atoms with Gasteiger partial charge in [0.15, 0.2) is 11.5 Å². The predicted octanol–water partition coefficient (Wildman–Crippen LogP) is 5.52. The molecule has 0 saturated heterocycles. The second-order valence-corrected chi connectivity index (χ2v) is 7.38. The van der Waals surface area contributed by atoms with Gasteiger partial charge in [0.25, 0.3) is 0 Å². The Hall–Kier alpha value is -3.27. The summed E-state index contributed by atoms with van der Waals surface area (Å²) in [4.78, 5) is 12.8. The van der Waals surface area contributed by atoms with E-state index < -0.39 is 0 Å². The molecule has 1 N–H and O–H groups in total. The standard InChI is InChI=1S/C27H31NO3/c1-3-30-25-18-16-23(20-26(25)31-4-2)24(17-15-21-11-7-5-8-12-21)28-27(29)19-22-13-9-6-10-14-22/h5-14,16,18,20,24H,3-4,15,17,19H2,1-2H3,(H,28,29)/t24-/m0/s1. The number of benzene rings is 3. The molecular weight excluding hydrogens is 386 g/mol. The number of amides is 1. The number of carbonyl (C=O) groups is 1. The van der Waals surface area contributed by atoms with Crippen molar-refractivity contribution in [2.45, 2.75) is 39.2 Å². The van der Waals surface area contributed by atoms with E-state index in [9.17, 15) is 4.79 Å². The number of hydrogen-bond acceptors (Lipinski definition) is 3. The molecule has 0 bridgehead atoms. The molecule has 0 radical (unpaired) electrons. The fourth-order valence-electron chi connectivity index (χ4n) is 3.59. The highest BCUT2D eigenvalue weighted by atomic mass is 16.5. The van der Waals surface area contributed by atoms with Gasteiger partial charge in [-0.05, 0) is 55.5 Å². The summed E-state index contributed by atoms with van der Waals surface area (Å²) in [6, 6.07) is 26.0. The minimum Gasteiger partial charge on any atom is -0.490 e. The highest BCUT2D eigenvalue weighted by Gasteiger charge is 2.18. The lowest BCUT2D eigenvalue weighted by Gasteiger charge is -2.21. The van der Waals surface area contributed by atoms with Gasteiger partial charge in [-0.3, -0.25) is 4.79 Å². The van der Waals surface area contributed by atoms with Crippen molar-refractivity contribution in [2.75, 3.05) is 13.2 Å². The first-order chi connectivity index (χ1) is 15.2. The van der Waals surface area contributed by atoms with E-state index in [-0.39, 0.29) is 11.9 Å². The van der Waals surface area contributed by atoms with E-state index in [4.69, 9.17) is 9.47 Å². The quantitative estimate of drug-likeness (QED) is 0.447. The summed E-state index contributed by atoms with van der Waals surface area (Å²) in [7, 11) is 0. The molecule has 0 spiro atoms. The van der Waals surface area contributed by atoms with Gasteiger partial charge >= 0.3 is 0 Å². The molecule has 0 fully saturated rings. The lowest BCUT2D eigenvalue weighted by Crippen LogP contribution is -2.30. The second-order valence-electron chi connectivity index (χ2n) is 7.38. The number of hydrogen-bond donors (Lipinski definition) is 1. The van der Waals surface area contributed by atoms with Gasteiger partial charge in [-0.15, -0.1) is 0 Å². The van der Waals surface area contributed by atoms with E-state index in [0.29, 0.717) is 25.4 Å². The van der Waals surface area contributed by atoms with Gasteiger partial charge in [0.2, 0.25) is 5.91 Å². The van der Waals surface area contributed by atoms with Crippen molar-refractivity contribution in [3.05, 3.63) is 95.6 Å². The largest absolute Gasteiger partial charge is 0.490 e. The Morgan fingerprint density at radius 1 is 0.806 bits per heavy atom. The van der Waals surface area contributed by atoms with Gasteiger partial charge in [0, 0.05) is 0 Å². The van der Waals surface area contributed by atoms with E-state index in [1.807, 2.05) is 80.6 Å². The first kappa shape index (κ1) is 22.4. The molecule has 0 saturated carbocycles. The fraction of sp³-hybridized carbons (Fsp3) is 0.296. The lowest BCUT2D eigenvalue weighted by atomic mass is 9.98. The van der Waals surface area contributed by atoms with Crippen LogP contribution in [0.2, 0.25) is 0 Å². The SMILES string of the molecule is CCOc1ccc([C@H](CCc2ccccc2)NC(=O)Cc2ccccc2)cc1OCC. The molecule has 0 aliphatic carbocycles. The van der Waals surface area contributed by atoms with Crippen LogP contribution in [0, 0.1) is 0 Å². The summed E-state index contributed by atoms with van der Waals surface area (Å²) in [5.74, 6) is 1.45. The summed E-state index contributed by atoms with van der Waals surface area (Å²) in [6.45, 7) is 5.04. The Labute approximate surface area is 185 Å². The summed E-state index contributed by atoms with van der Waals surface area (Å²) >= 11 is 0. The van der Waals surface area contributed by atoms with Gasteiger partial charge in [-0.25, -0.2) is 0 Å². The van der Waals surface area contributed by atoms with Gasteiger partial charge in [0.1, 0.15) is 0 Å². The molecule has 3 rings (SSSR count). The number of ether oxygens (including phenoxy) is 2. The Kier molecular flexibility index (Phi) is 8.53. The topological polar surface area (TPSA) is 47.6 Å². The van der Waals surface area contributed by atoms with E-state index in [1.165, 1.54) is 5.56 Å². The molecule has 3 aromatic rings. The Bertz CT molecular complexity index is 941. The Morgan fingerprint density at radius 3 is 2.06 bits per heavy atom. The zero-order valence-corrected chi connectivity index (χ0v) is 18.3. The van der Waals surface area contributed by atoms with Crippen LogP contribution in [-0.2, 0) is 17.6 Å². The molecule has 4 nitrogen and oxygen atoms in total. The first-order valence-corrected chi connectivity index (χ1v) is 11.0. The minimum atomic E-state index is -0.119. The monoisotopic (exact) mass is 417 g/mol. The average molecular weight is 418 g/mol. The van der Waals surface area contributed by atoms with Crippen LogP contribution in [0.15, 0.2) is 78.9 Å².